The van der Waals surface area contributed by atoms with Crippen LogP contribution in [0.1, 0.15) is 24.8 Å². The van der Waals surface area contributed by atoms with Gasteiger partial charge in [0, 0.05) is 18.4 Å². The van der Waals surface area contributed by atoms with E-state index >= 15 is 0 Å². The molecule has 2 saturated carbocycles. The fourth-order valence-corrected chi connectivity index (χ4v) is 3.60. The first-order valence-electron chi connectivity index (χ1n) is 6.53. The van der Waals surface area contributed by atoms with Gasteiger partial charge in [0.05, 0.1) is 5.02 Å². The maximum atomic E-state index is 6.18. The molecule has 0 bridgehead atoms. The lowest BCUT2D eigenvalue weighted by atomic mass is 9.90. The fourth-order valence-electron chi connectivity index (χ4n) is 3.40. The molecule has 1 N–H and O–H groups in total. The zero-order valence-electron chi connectivity index (χ0n) is 10.2. The van der Waals surface area contributed by atoms with Crippen LogP contribution in [0.2, 0.25) is 5.02 Å². The average Bonchev–Trinajstić information content (AvgIpc) is 2.95. The third-order valence-corrected chi connectivity index (χ3v) is 4.86. The van der Waals surface area contributed by atoms with Crippen LogP contribution in [-0.2, 0) is 6.42 Å². The van der Waals surface area contributed by atoms with E-state index < -0.39 is 0 Å². The van der Waals surface area contributed by atoms with E-state index in [0.717, 1.165) is 29.2 Å². The molecule has 3 unspecified atom stereocenters. The van der Waals surface area contributed by atoms with Gasteiger partial charge in [0.2, 0.25) is 0 Å². The van der Waals surface area contributed by atoms with Gasteiger partial charge in [0.15, 0.2) is 0 Å². The third-order valence-electron chi connectivity index (χ3n) is 4.52. The molecule has 1 aromatic heterocycles. The number of hydrogen-bond acceptors (Lipinski definition) is 2. The molecule has 0 aromatic carbocycles. The van der Waals surface area contributed by atoms with E-state index in [0.29, 0.717) is 6.04 Å². The molecule has 3 atom stereocenters. The molecule has 0 spiro atoms. The first-order valence-corrected chi connectivity index (χ1v) is 6.91. The van der Waals surface area contributed by atoms with Gasteiger partial charge in [-0.3, -0.25) is 4.98 Å². The minimum Gasteiger partial charge on any atom is -0.316 e. The molecule has 2 fully saturated rings. The van der Waals surface area contributed by atoms with Crippen molar-refractivity contribution in [3.63, 3.8) is 0 Å². The van der Waals surface area contributed by atoms with Gasteiger partial charge in [0.1, 0.15) is 0 Å². The van der Waals surface area contributed by atoms with Crippen LogP contribution in [0.25, 0.3) is 0 Å². The Labute approximate surface area is 108 Å². The lowest BCUT2D eigenvalue weighted by molar-refractivity contribution is 0.349. The summed E-state index contributed by atoms with van der Waals surface area (Å²) in [5.41, 5.74) is 1.22. The molecule has 3 rings (SSSR count). The van der Waals surface area contributed by atoms with E-state index in [-0.39, 0.29) is 0 Å². The summed E-state index contributed by atoms with van der Waals surface area (Å²) in [5.74, 6) is 2.93. The molecule has 1 aromatic rings. The van der Waals surface area contributed by atoms with Crippen LogP contribution in [0.15, 0.2) is 18.5 Å². The van der Waals surface area contributed by atoms with Crippen LogP contribution >= 0.6 is 11.6 Å². The normalized spacial score (nSPS) is 32.2. The maximum absolute atomic E-state index is 6.18. The zero-order valence-corrected chi connectivity index (χ0v) is 11.0. The van der Waals surface area contributed by atoms with Gasteiger partial charge < -0.3 is 5.32 Å². The predicted octanol–water partition coefficient (Wildman–Crippen LogP) is 2.91. The van der Waals surface area contributed by atoms with Crippen molar-refractivity contribution in [2.24, 2.45) is 17.8 Å². The number of fused-ring (bicyclic) bond motifs is 1. The highest BCUT2D eigenvalue weighted by Gasteiger charge is 2.47. The van der Waals surface area contributed by atoms with Gasteiger partial charge in [0.25, 0.3) is 0 Å². The highest BCUT2D eigenvalue weighted by molar-refractivity contribution is 6.31. The Morgan fingerprint density at radius 3 is 2.82 bits per heavy atom. The molecule has 0 saturated heterocycles. The zero-order chi connectivity index (χ0) is 11.8. The average molecular weight is 251 g/mol. The van der Waals surface area contributed by atoms with Crippen molar-refractivity contribution in [3.8, 4) is 0 Å². The number of pyridine rings is 1. The van der Waals surface area contributed by atoms with Gasteiger partial charge in [-0.15, -0.1) is 0 Å². The Morgan fingerprint density at radius 2 is 2.18 bits per heavy atom. The number of aromatic nitrogens is 1. The second kappa shape index (κ2) is 4.58. The van der Waals surface area contributed by atoms with Crippen LogP contribution in [0.3, 0.4) is 0 Å². The van der Waals surface area contributed by atoms with Gasteiger partial charge in [-0.1, -0.05) is 11.6 Å². The molecular formula is C14H19ClN2. The molecule has 0 aliphatic heterocycles. The number of rotatable bonds is 4. The Bertz CT molecular complexity index is 397. The van der Waals surface area contributed by atoms with Gasteiger partial charge in [-0.2, -0.15) is 0 Å². The summed E-state index contributed by atoms with van der Waals surface area (Å²) >= 11 is 6.18. The molecule has 2 aliphatic carbocycles. The Balaban J connectivity index is 1.67. The molecule has 2 nitrogen and oxygen atoms in total. The summed E-state index contributed by atoms with van der Waals surface area (Å²) in [5, 5.41) is 4.28. The molecule has 0 radical (unpaired) electrons. The van der Waals surface area contributed by atoms with Gasteiger partial charge >= 0.3 is 0 Å². The standard InChI is InChI=1S/C14H19ClN2/c1-16-14(12-5-10-4-11(10)6-12)7-9-2-3-17-8-13(9)15/h2-3,8,10-12,14,16H,4-7H2,1H3. The Hall–Kier alpha value is -0.600. The van der Waals surface area contributed by atoms with Crippen LogP contribution in [-0.4, -0.2) is 18.1 Å². The monoisotopic (exact) mass is 250 g/mol. The summed E-state index contributed by atoms with van der Waals surface area (Å²) in [6.45, 7) is 0. The quantitative estimate of drug-likeness (QED) is 0.889. The van der Waals surface area contributed by atoms with Crippen molar-refractivity contribution in [2.45, 2.75) is 31.7 Å². The Morgan fingerprint density at radius 1 is 1.41 bits per heavy atom. The second-order valence-electron chi connectivity index (χ2n) is 5.55. The van der Waals surface area contributed by atoms with Crippen molar-refractivity contribution in [3.05, 3.63) is 29.0 Å². The first kappa shape index (κ1) is 11.5. The number of nitrogens with zero attached hydrogens (tertiary/aromatic N) is 1. The van der Waals surface area contributed by atoms with E-state index in [1.165, 1.54) is 24.8 Å². The number of hydrogen-bond donors (Lipinski definition) is 1. The van der Waals surface area contributed by atoms with Crippen LogP contribution in [0, 0.1) is 17.8 Å². The van der Waals surface area contributed by atoms with Crippen molar-refractivity contribution in [1.29, 1.82) is 0 Å². The first-order chi connectivity index (χ1) is 8.28. The molecule has 0 amide bonds. The second-order valence-corrected chi connectivity index (χ2v) is 5.96. The largest absolute Gasteiger partial charge is 0.316 e. The van der Waals surface area contributed by atoms with Crippen LogP contribution in [0.5, 0.6) is 0 Å². The summed E-state index contributed by atoms with van der Waals surface area (Å²) in [6, 6.07) is 2.62. The highest BCUT2D eigenvalue weighted by atomic mass is 35.5. The molecule has 17 heavy (non-hydrogen) atoms. The SMILES string of the molecule is CNC(Cc1ccncc1Cl)C1CC2CC2C1. The van der Waals surface area contributed by atoms with E-state index in [1.807, 2.05) is 12.3 Å². The summed E-state index contributed by atoms with van der Waals surface area (Å²) < 4.78 is 0. The molecule has 3 heteroatoms. The lowest BCUT2D eigenvalue weighted by Crippen LogP contribution is -2.35. The van der Waals surface area contributed by atoms with Crippen molar-refractivity contribution in [1.82, 2.24) is 10.3 Å². The molecule has 92 valence electrons. The van der Waals surface area contributed by atoms with Crippen LogP contribution < -0.4 is 5.32 Å². The van der Waals surface area contributed by atoms with E-state index in [2.05, 4.69) is 17.3 Å². The topological polar surface area (TPSA) is 24.9 Å². The van der Waals surface area contributed by atoms with E-state index in [4.69, 9.17) is 11.6 Å². The van der Waals surface area contributed by atoms with Crippen LogP contribution in [0.4, 0.5) is 0 Å². The fraction of sp³-hybridized carbons (Fsp3) is 0.643. The minimum atomic E-state index is 0.572. The van der Waals surface area contributed by atoms with Gasteiger partial charge in [-0.25, -0.2) is 0 Å². The smallest absolute Gasteiger partial charge is 0.0621 e. The van der Waals surface area contributed by atoms with Crippen molar-refractivity contribution < 1.29 is 0 Å². The summed E-state index contributed by atoms with van der Waals surface area (Å²) in [6.07, 6.45) is 8.93. The molecule has 2 aliphatic rings. The summed E-state index contributed by atoms with van der Waals surface area (Å²) in [7, 11) is 2.07. The number of likely N-dealkylation sites (N-methyl/N-ethyl adjacent to an activating group) is 1. The number of nitrogens with one attached hydrogen (secondary N) is 1. The minimum absolute atomic E-state index is 0.572. The van der Waals surface area contributed by atoms with Gasteiger partial charge in [-0.05, 0) is 62.1 Å². The Kier molecular flexibility index (Phi) is 3.10. The van der Waals surface area contributed by atoms with E-state index in [1.54, 1.807) is 6.20 Å². The summed E-state index contributed by atoms with van der Waals surface area (Å²) in [4.78, 5) is 4.04. The van der Waals surface area contributed by atoms with Crippen molar-refractivity contribution >= 4 is 11.6 Å². The number of halogens is 1. The van der Waals surface area contributed by atoms with E-state index in [9.17, 15) is 0 Å². The third kappa shape index (κ3) is 2.34. The maximum Gasteiger partial charge on any atom is 0.0621 e. The highest BCUT2D eigenvalue weighted by Crippen LogP contribution is 2.55. The molecular weight excluding hydrogens is 232 g/mol. The molecule has 1 heterocycles. The lowest BCUT2D eigenvalue weighted by Gasteiger charge is -2.24. The predicted molar refractivity (Wildman–Crippen MR) is 70.1 cm³/mol. The van der Waals surface area contributed by atoms with Crippen molar-refractivity contribution in [2.75, 3.05) is 7.05 Å².